The summed E-state index contributed by atoms with van der Waals surface area (Å²) in [6, 6.07) is 10.3. The Morgan fingerprint density at radius 2 is 2.00 bits per heavy atom. The van der Waals surface area contributed by atoms with Gasteiger partial charge in [0.15, 0.2) is 0 Å². The van der Waals surface area contributed by atoms with Crippen LogP contribution in [0.4, 0.5) is 10.1 Å². The molecule has 3 rings (SSSR count). The third-order valence-corrected chi connectivity index (χ3v) is 3.54. The molecule has 0 saturated carbocycles. The van der Waals surface area contributed by atoms with E-state index in [0.717, 1.165) is 6.07 Å². The molecule has 2 aromatic heterocycles. The van der Waals surface area contributed by atoms with E-state index in [4.69, 9.17) is 11.6 Å². The SMILES string of the molecule is O=C(Nc1ccn(C(=O)c2ccc(F)c(Cl)c2)c1)c1ccccn1. The van der Waals surface area contributed by atoms with E-state index in [-0.39, 0.29) is 22.2 Å². The average molecular weight is 344 g/mol. The molecule has 0 aliphatic rings. The smallest absolute Gasteiger partial charge is 0.274 e. The third kappa shape index (κ3) is 3.33. The summed E-state index contributed by atoms with van der Waals surface area (Å²) in [5.74, 6) is -1.37. The highest BCUT2D eigenvalue weighted by atomic mass is 35.5. The molecule has 5 nitrogen and oxygen atoms in total. The Balaban J connectivity index is 1.76. The van der Waals surface area contributed by atoms with Crippen molar-refractivity contribution in [3.63, 3.8) is 0 Å². The van der Waals surface area contributed by atoms with Crippen LogP contribution >= 0.6 is 11.6 Å². The number of nitrogens with zero attached hydrogens (tertiary/aromatic N) is 2. The van der Waals surface area contributed by atoms with Gasteiger partial charge in [-0.2, -0.15) is 0 Å². The van der Waals surface area contributed by atoms with Crippen LogP contribution in [0.1, 0.15) is 20.8 Å². The van der Waals surface area contributed by atoms with Gasteiger partial charge < -0.3 is 5.32 Å². The molecule has 3 aromatic rings. The van der Waals surface area contributed by atoms with Crippen molar-refractivity contribution in [1.82, 2.24) is 9.55 Å². The van der Waals surface area contributed by atoms with E-state index in [1.807, 2.05) is 0 Å². The zero-order chi connectivity index (χ0) is 17.1. The number of hydrogen-bond donors (Lipinski definition) is 1. The summed E-state index contributed by atoms with van der Waals surface area (Å²) in [5, 5.41) is 2.52. The molecule has 120 valence electrons. The van der Waals surface area contributed by atoms with Crippen molar-refractivity contribution in [1.29, 1.82) is 0 Å². The lowest BCUT2D eigenvalue weighted by Gasteiger charge is -2.04. The van der Waals surface area contributed by atoms with E-state index in [2.05, 4.69) is 10.3 Å². The Morgan fingerprint density at radius 1 is 1.17 bits per heavy atom. The number of benzene rings is 1. The van der Waals surface area contributed by atoms with Crippen LogP contribution in [0, 0.1) is 5.82 Å². The first-order chi connectivity index (χ1) is 11.5. The molecular formula is C17H11ClFN3O2. The van der Waals surface area contributed by atoms with E-state index in [9.17, 15) is 14.0 Å². The first-order valence-electron chi connectivity index (χ1n) is 6.95. The molecule has 1 aromatic carbocycles. The first-order valence-corrected chi connectivity index (χ1v) is 7.32. The fraction of sp³-hybridized carbons (Fsp3) is 0. The van der Waals surface area contributed by atoms with Crippen molar-refractivity contribution in [3.05, 3.63) is 83.2 Å². The van der Waals surface area contributed by atoms with Crippen molar-refractivity contribution in [2.45, 2.75) is 0 Å². The minimum absolute atomic E-state index is 0.128. The standard InChI is InChI=1S/C17H11ClFN3O2/c18-13-9-11(4-5-14(13)19)17(24)22-8-6-12(10-22)21-16(23)15-3-1-2-7-20-15/h1-10H,(H,21,23). The van der Waals surface area contributed by atoms with Crippen LogP contribution in [-0.2, 0) is 0 Å². The number of anilines is 1. The monoisotopic (exact) mass is 343 g/mol. The summed E-state index contributed by atoms with van der Waals surface area (Å²) in [6.45, 7) is 0. The zero-order valence-corrected chi connectivity index (χ0v) is 13.0. The second kappa shape index (κ2) is 6.64. The Bertz CT molecular complexity index is 909. The molecular weight excluding hydrogens is 333 g/mol. The number of nitrogens with one attached hydrogen (secondary N) is 1. The minimum atomic E-state index is -0.593. The van der Waals surface area contributed by atoms with Crippen molar-refractivity contribution in [2.24, 2.45) is 0 Å². The molecule has 7 heteroatoms. The number of rotatable bonds is 3. The number of aromatic nitrogens is 2. The Labute approximate surface area is 141 Å². The number of halogens is 2. The third-order valence-electron chi connectivity index (χ3n) is 3.25. The van der Waals surface area contributed by atoms with Crippen LogP contribution in [-0.4, -0.2) is 21.4 Å². The van der Waals surface area contributed by atoms with E-state index >= 15 is 0 Å². The summed E-state index contributed by atoms with van der Waals surface area (Å²) in [7, 11) is 0. The molecule has 0 radical (unpaired) electrons. The highest BCUT2D eigenvalue weighted by Gasteiger charge is 2.13. The lowest BCUT2D eigenvalue weighted by Crippen LogP contribution is -2.13. The minimum Gasteiger partial charge on any atom is -0.319 e. The average Bonchev–Trinajstić information content (AvgIpc) is 3.06. The molecule has 2 heterocycles. The molecule has 24 heavy (non-hydrogen) atoms. The molecule has 1 N–H and O–H groups in total. The van der Waals surface area contributed by atoms with Gasteiger partial charge >= 0.3 is 0 Å². The van der Waals surface area contributed by atoms with Gasteiger partial charge in [0.1, 0.15) is 11.5 Å². The molecule has 0 spiro atoms. The summed E-state index contributed by atoms with van der Waals surface area (Å²) >= 11 is 5.69. The molecule has 0 aliphatic carbocycles. The predicted molar refractivity (Wildman–Crippen MR) is 87.8 cm³/mol. The number of pyridine rings is 1. The highest BCUT2D eigenvalue weighted by molar-refractivity contribution is 6.31. The number of carbonyl (C=O) groups excluding carboxylic acids is 2. The van der Waals surface area contributed by atoms with Crippen LogP contribution in [0.15, 0.2) is 61.1 Å². The Morgan fingerprint density at radius 3 is 2.71 bits per heavy atom. The number of hydrogen-bond acceptors (Lipinski definition) is 3. The lowest BCUT2D eigenvalue weighted by atomic mass is 10.2. The quantitative estimate of drug-likeness (QED) is 0.790. The Kier molecular flexibility index (Phi) is 4.39. The van der Waals surface area contributed by atoms with Crippen LogP contribution < -0.4 is 5.32 Å². The van der Waals surface area contributed by atoms with Crippen molar-refractivity contribution in [2.75, 3.05) is 5.32 Å². The van der Waals surface area contributed by atoms with Gasteiger partial charge in [0.2, 0.25) is 0 Å². The second-order valence-corrected chi connectivity index (χ2v) is 5.32. The maximum Gasteiger partial charge on any atom is 0.274 e. The second-order valence-electron chi connectivity index (χ2n) is 4.91. The summed E-state index contributed by atoms with van der Waals surface area (Å²) in [5.41, 5.74) is 0.939. The summed E-state index contributed by atoms with van der Waals surface area (Å²) < 4.78 is 14.4. The molecule has 0 atom stereocenters. The van der Waals surface area contributed by atoms with E-state index in [1.54, 1.807) is 24.3 Å². The predicted octanol–water partition coefficient (Wildman–Crippen LogP) is 3.62. The van der Waals surface area contributed by atoms with Gasteiger partial charge in [-0.3, -0.25) is 19.1 Å². The molecule has 0 fully saturated rings. The van der Waals surface area contributed by atoms with Crippen LogP contribution in [0.5, 0.6) is 0 Å². The fourth-order valence-corrected chi connectivity index (χ4v) is 2.25. The van der Waals surface area contributed by atoms with Gasteiger partial charge in [-0.15, -0.1) is 0 Å². The van der Waals surface area contributed by atoms with Crippen molar-refractivity contribution < 1.29 is 14.0 Å². The highest BCUT2D eigenvalue weighted by Crippen LogP contribution is 2.18. The van der Waals surface area contributed by atoms with Gasteiger partial charge in [0.05, 0.1) is 10.7 Å². The fourth-order valence-electron chi connectivity index (χ4n) is 2.07. The van der Waals surface area contributed by atoms with E-state index in [1.165, 1.54) is 35.3 Å². The van der Waals surface area contributed by atoms with Crippen LogP contribution in [0.3, 0.4) is 0 Å². The summed E-state index contributed by atoms with van der Waals surface area (Å²) in [6.07, 6.45) is 4.47. The maximum atomic E-state index is 13.2. The lowest BCUT2D eigenvalue weighted by molar-refractivity contribution is 0.0958. The molecule has 0 saturated heterocycles. The molecule has 0 bridgehead atoms. The van der Waals surface area contributed by atoms with Crippen molar-refractivity contribution >= 4 is 29.1 Å². The van der Waals surface area contributed by atoms with E-state index in [0.29, 0.717) is 5.69 Å². The normalized spacial score (nSPS) is 10.4. The van der Waals surface area contributed by atoms with Gasteiger partial charge in [-0.05, 0) is 36.4 Å². The first kappa shape index (κ1) is 15.9. The molecule has 0 aliphatic heterocycles. The Hall–Kier alpha value is -2.99. The topological polar surface area (TPSA) is 64.0 Å². The largest absolute Gasteiger partial charge is 0.319 e. The molecule has 0 unspecified atom stereocenters. The number of carbonyl (C=O) groups is 2. The van der Waals surface area contributed by atoms with Gasteiger partial charge in [0, 0.05) is 24.2 Å². The number of amides is 1. The van der Waals surface area contributed by atoms with E-state index < -0.39 is 11.7 Å². The summed E-state index contributed by atoms with van der Waals surface area (Å²) in [4.78, 5) is 28.3. The van der Waals surface area contributed by atoms with Crippen molar-refractivity contribution in [3.8, 4) is 0 Å². The molecule has 1 amide bonds. The van der Waals surface area contributed by atoms with Gasteiger partial charge in [-0.1, -0.05) is 17.7 Å². The zero-order valence-electron chi connectivity index (χ0n) is 12.2. The van der Waals surface area contributed by atoms with Crippen LogP contribution in [0.2, 0.25) is 5.02 Å². The van der Waals surface area contributed by atoms with Crippen LogP contribution in [0.25, 0.3) is 0 Å². The van der Waals surface area contributed by atoms with Gasteiger partial charge in [0.25, 0.3) is 11.8 Å². The maximum absolute atomic E-state index is 13.2. The van der Waals surface area contributed by atoms with Gasteiger partial charge in [-0.25, -0.2) is 4.39 Å².